The minimum atomic E-state index is -3.66. The van der Waals surface area contributed by atoms with E-state index in [1.165, 1.54) is 32.6 Å². The Hall–Kier alpha value is -3.40. The van der Waals surface area contributed by atoms with E-state index in [9.17, 15) is 85.6 Å². The zero-order chi connectivity index (χ0) is 102. The topological polar surface area (TPSA) is 417 Å². The van der Waals surface area contributed by atoms with E-state index in [0.29, 0.717) is 104 Å². The molecule has 2 amide bonds. The Kier molecular flexibility index (Phi) is 60.3. The number of β-amino-alcohol motifs (C(OH)–C–C–N with tert-alkyl or cyclic N) is 1. The molecule has 10 unspecified atom stereocenters. The van der Waals surface area contributed by atoms with Crippen LogP contribution in [-0.4, -0.2) is 216 Å². The summed E-state index contributed by atoms with van der Waals surface area (Å²) in [4.78, 5) is 43.5. The summed E-state index contributed by atoms with van der Waals surface area (Å²) in [5, 5.41) is 88.7. The summed E-state index contributed by atoms with van der Waals surface area (Å²) in [6.45, 7) is 82.4. The van der Waals surface area contributed by atoms with Crippen LogP contribution >= 0.6 is 0 Å². The predicted octanol–water partition coefficient (Wildman–Crippen LogP) is 18.6. The smallest absolute Gasteiger partial charge is 0.257 e. The SMILES string of the molecule is CC(C)(C)CC(=O)N1CCC(C(C)(C)C)CC1.CC(C)(C)CC(O)CNS(=O)(=O)C1CC1.CC1=NC(S(=O)(=O)NCC(O)CC(C)(C)C)=CC1.CC1CN(C(=O)CCCC(C)(C)C)CC1O.CCC(C)(CO)CC(=O)CCCC(C)(C)C.CCC(O)C(O)C(O)CC(C)(C)C.CCC(O)CC(C)(C)C.CCCC(C)(C)C.Cc1oncc1S(=O)(=O)NCC(O)CC(C)(C)C. The number of carbonyl (C=O) groups excluding carboxylic acids is 3. The number of sulfonamides is 3. The predicted molar refractivity (Wildman–Crippen MR) is 533 cm³/mol. The lowest BCUT2D eigenvalue weighted by Crippen LogP contribution is -2.42. The summed E-state index contributed by atoms with van der Waals surface area (Å²) in [5.41, 5.74) is 2.40. The first kappa shape index (κ1) is 132. The van der Waals surface area contributed by atoms with Crippen LogP contribution in [-0.2, 0) is 44.5 Å². The fourth-order valence-electron chi connectivity index (χ4n) is 14.0. The fourth-order valence-corrected chi connectivity index (χ4v) is 17.7. The van der Waals surface area contributed by atoms with E-state index < -0.39 is 66.7 Å². The highest BCUT2D eigenvalue weighted by Crippen LogP contribution is 2.37. The van der Waals surface area contributed by atoms with Gasteiger partial charge in [-0.3, -0.25) is 14.4 Å². The number of aryl methyl sites for hydroxylation is 1. The van der Waals surface area contributed by atoms with E-state index in [-0.39, 0.29) is 109 Å². The summed E-state index contributed by atoms with van der Waals surface area (Å²) in [6, 6.07) is 0. The molecule has 5 rings (SSSR count). The van der Waals surface area contributed by atoms with E-state index in [0.717, 1.165) is 95.2 Å². The van der Waals surface area contributed by atoms with Crippen molar-refractivity contribution in [1.29, 1.82) is 0 Å². The third kappa shape index (κ3) is 71.7. The molecule has 2 saturated heterocycles. The molecule has 1 saturated carbocycles. The van der Waals surface area contributed by atoms with Gasteiger partial charge in [-0.25, -0.2) is 44.4 Å². The monoisotopic (exact) mass is 1900 g/mol. The van der Waals surface area contributed by atoms with E-state index in [1.54, 1.807) is 24.8 Å². The van der Waals surface area contributed by atoms with Gasteiger partial charge >= 0.3 is 0 Å². The first-order valence-electron chi connectivity index (χ1n) is 48.1. The molecule has 0 bridgehead atoms. The molecule has 1 aromatic heterocycles. The Morgan fingerprint density at radius 2 is 0.915 bits per heavy atom. The minimum Gasteiger partial charge on any atom is -0.396 e. The van der Waals surface area contributed by atoms with Crippen LogP contribution in [0.25, 0.3) is 0 Å². The van der Waals surface area contributed by atoms with Gasteiger partial charge in [0.05, 0.1) is 54.2 Å². The molecular formula is C100H201N7O19S3. The van der Waals surface area contributed by atoms with Gasteiger partial charge in [0, 0.05) is 96.2 Å². The number of aliphatic hydroxyl groups is 9. The van der Waals surface area contributed by atoms with Gasteiger partial charge < -0.3 is 60.3 Å². The van der Waals surface area contributed by atoms with Gasteiger partial charge in [-0.1, -0.05) is 261 Å². The van der Waals surface area contributed by atoms with Crippen molar-refractivity contribution >= 4 is 53.4 Å². The van der Waals surface area contributed by atoms with Crippen molar-refractivity contribution in [1.82, 2.24) is 29.1 Å². The molecule has 3 aliphatic heterocycles. The number of piperidine rings is 1. The first-order chi connectivity index (χ1) is 57.8. The standard InChI is InChI=1S/C15H29NO.C14H28O2.C13H25NO2.C12H22N2O3S.C11H20N2O4S.C10H21NO3S.C10H22O3.C8H18O.C7H16/c1-14(2,3)11-13(17)16-9-7-12(8-10-16)15(4,5)6;1-6-14(5,11-15)10-12(16)8-7-9-13(2,3)4;1-10-8-14(9-11(10)15)12(16)6-5-7-13(2,3)4;1-9-5-6-11(14-9)18(16,17)13-8-10(15)7-12(2,3)4;1-8-10(7-12-17-8)18(15,16)13-6-9(14)5-11(2,3)4;1-10(2,3)6-8(12)7-11-15(13,14)9-4-5-9;1-5-7(11)9(13)8(12)6-10(2,3)4;1-5-7(9)6-8(2,3)4;1-5-6-7(2,3)4/h12H,7-11H2,1-6H3;15H,6-11H2,1-5H3;10-11,15H,5-9H2,1-4H3;6,10,13,15H,5,7-8H2,1-4H3;7,9,13-14H,5-6H2,1-4H3;8-9,11-12H,4-7H2,1-3H3;7-9,11-13H,5-6H2,1-4H3;7,9H,5-6H2,1-4H3;5-6H2,1-4H3. The summed E-state index contributed by atoms with van der Waals surface area (Å²) < 4.78 is 82.2. The van der Waals surface area contributed by atoms with Gasteiger partial charge in [-0.15, -0.1) is 0 Å². The van der Waals surface area contributed by atoms with Crippen molar-refractivity contribution in [3.63, 3.8) is 0 Å². The molecule has 1 aliphatic carbocycles. The molecule has 1 aromatic rings. The lowest BCUT2D eigenvalue weighted by Gasteiger charge is -2.39. The zero-order valence-electron chi connectivity index (χ0n) is 89.0. The van der Waals surface area contributed by atoms with E-state index >= 15 is 0 Å². The van der Waals surface area contributed by atoms with Crippen molar-refractivity contribution < 1.29 is 90.1 Å². The number of aromatic nitrogens is 1. The average molecular weight is 1900 g/mol. The van der Waals surface area contributed by atoms with Crippen LogP contribution < -0.4 is 14.2 Å². The third-order valence-electron chi connectivity index (χ3n) is 21.8. The molecule has 26 nitrogen and oxygen atoms in total. The Morgan fingerprint density at radius 1 is 0.496 bits per heavy atom. The lowest BCUT2D eigenvalue weighted by atomic mass is 9.75. The molecule has 0 spiro atoms. The van der Waals surface area contributed by atoms with Gasteiger partial charge in [0.25, 0.3) is 10.0 Å². The maximum atomic E-state index is 12.1. The number of carbonyl (C=O) groups is 3. The van der Waals surface area contributed by atoms with Gasteiger partial charge in [0.1, 0.15) is 16.8 Å². The lowest BCUT2D eigenvalue weighted by molar-refractivity contribution is -0.135. The van der Waals surface area contributed by atoms with Crippen LogP contribution in [0.1, 0.15) is 410 Å². The summed E-state index contributed by atoms with van der Waals surface area (Å²) in [5.74, 6) is 2.06. The molecule has 12 N–H and O–H groups in total. The fraction of sp³-hybridized carbons (Fsp3) is 0.910. The number of nitrogens with one attached hydrogen (secondary N) is 3. The maximum Gasteiger partial charge on any atom is 0.257 e. The Labute approximate surface area is 789 Å². The highest BCUT2D eigenvalue weighted by atomic mass is 32.2. The molecule has 0 radical (unpaired) electrons. The number of nitrogens with zero attached hydrogens (tertiary/aromatic N) is 4. The number of aliphatic hydroxyl groups excluding tert-OH is 9. The molecule has 29 heteroatoms. The number of hydrogen-bond acceptors (Lipinski definition) is 21. The molecule has 129 heavy (non-hydrogen) atoms. The second kappa shape index (κ2) is 59.0. The number of ketones is 1. The van der Waals surface area contributed by atoms with Crippen molar-refractivity contribution in [2.75, 3.05) is 52.4 Å². The van der Waals surface area contributed by atoms with E-state index in [1.807, 2.05) is 111 Å². The number of aliphatic imine (C=N–C) groups is 1. The van der Waals surface area contributed by atoms with Crippen LogP contribution in [0.15, 0.2) is 31.7 Å². The molecule has 4 aliphatic rings. The molecule has 10 atom stereocenters. The summed E-state index contributed by atoms with van der Waals surface area (Å²) in [7, 11) is -10.4. The second-order valence-corrected chi connectivity index (χ2v) is 54.8. The normalized spacial score (nSPS) is 18.5. The van der Waals surface area contributed by atoms with Crippen LogP contribution in [0.2, 0.25) is 0 Å². The first-order valence-corrected chi connectivity index (χ1v) is 52.6. The zero-order valence-corrected chi connectivity index (χ0v) is 91.5. The largest absolute Gasteiger partial charge is 0.396 e. The molecule has 0 aromatic carbocycles. The number of rotatable bonds is 33. The quantitative estimate of drug-likeness (QED) is 0.0311. The summed E-state index contributed by atoms with van der Waals surface area (Å²) >= 11 is 0. The molecule has 3 fully saturated rings. The second-order valence-electron chi connectivity index (χ2n) is 49.3. The van der Waals surface area contributed by atoms with Gasteiger partial charge in [-0.2, -0.15) is 0 Å². The Bertz CT molecular complexity index is 3640. The molecule has 4 heterocycles. The van der Waals surface area contributed by atoms with E-state index in [4.69, 9.17) is 4.52 Å². The van der Waals surface area contributed by atoms with E-state index in [2.05, 4.69) is 161 Å². The Balaban J connectivity index is -0.000000688. The number of amides is 2. The third-order valence-corrected chi connectivity index (χ3v) is 26.6. The number of hydrogen-bond donors (Lipinski definition) is 12. The number of allylic oxidation sites excluding steroid dienone is 1. The average Bonchev–Trinajstić information content (AvgIpc) is 1.67. The van der Waals surface area contributed by atoms with Crippen LogP contribution in [0.4, 0.5) is 0 Å². The minimum absolute atomic E-state index is 0.00505. The van der Waals surface area contributed by atoms with Crippen molar-refractivity contribution in [3.8, 4) is 0 Å². The molecular weight excluding hydrogens is 1700 g/mol. The van der Waals surface area contributed by atoms with Crippen molar-refractivity contribution in [2.24, 2.45) is 76.4 Å². The highest BCUT2D eigenvalue weighted by molar-refractivity contribution is 7.93. The van der Waals surface area contributed by atoms with Crippen molar-refractivity contribution in [3.05, 3.63) is 23.1 Å². The summed E-state index contributed by atoms with van der Waals surface area (Å²) in [6.07, 6.45) is 16.4. The van der Waals surface area contributed by atoms with Crippen LogP contribution in [0.5, 0.6) is 0 Å². The molecule has 768 valence electrons. The van der Waals surface area contributed by atoms with Gasteiger partial charge in [0.15, 0.2) is 10.8 Å². The Morgan fingerprint density at radius 3 is 1.22 bits per heavy atom. The maximum absolute atomic E-state index is 12.1. The van der Waals surface area contributed by atoms with Gasteiger partial charge in [0.2, 0.25) is 31.9 Å². The van der Waals surface area contributed by atoms with Gasteiger partial charge in [-0.05, 0) is 195 Å². The highest BCUT2D eigenvalue weighted by Gasteiger charge is 2.38. The van der Waals surface area contributed by atoms with Crippen molar-refractivity contribution in [2.45, 2.75) is 470 Å². The number of likely N-dealkylation sites (tertiary alicyclic amines) is 2. The van der Waals surface area contributed by atoms with Crippen LogP contribution in [0, 0.1) is 78.3 Å². The van der Waals surface area contributed by atoms with Crippen LogP contribution in [0.3, 0.4) is 0 Å². The number of Topliss-reactive ketones (excluding diaryl/α,β-unsaturated/α-hetero) is 1.